The van der Waals surface area contributed by atoms with Crippen molar-refractivity contribution in [2.24, 2.45) is 5.92 Å². The second kappa shape index (κ2) is 9.39. The van der Waals surface area contributed by atoms with Gasteiger partial charge in [-0.15, -0.1) is 0 Å². The van der Waals surface area contributed by atoms with E-state index in [9.17, 15) is 14.4 Å². The van der Waals surface area contributed by atoms with Gasteiger partial charge in [0.25, 0.3) is 0 Å². The van der Waals surface area contributed by atoms with Crippen molar-refractivity contribution in [3.63, 3.8) is 0 Å². The molecule has 0 aromatic heterocycles. The molecule has 2 aromatic carbocycles. The van der Waals surface area contributed by atoms with Gasteiger partial charge < -0.3 is 14.8 Å². The SMILES string of the molecule is CCOC(=O)[C@H]1C(=O)C2=C(C[C@H]1c1ccccc1)NC(=O)C[C@H]2c1ccc(OCC)cc1. The molecule has 0 radical (unpaired) electrons. The van der Waals surface area contributed by atoms with Crippen LogP contribution in [0.25, 0.3) is 0 Å². The molecule has 6 nitrogen and oxygen atoms in total. The van der Waals surface area contributed by atoms with E-state index in [4.69, 9.17) is 9.47 Å². The van der Waals surface area contributed by atoms with Crippen LogP contribution in [0.2, 0.25) is 0 Å². The summed E-state index contributed by atoms with van der Waals surface area (Å²) in [5.41, 5.74) is 2.85. The zero-order valence-corrected chi connectivity index (χ0v) is 18.3. The molecule has 0 bridgehead atoms. The van der Waals surface area contributed by atoms with Crippen LogP contribution in [0.3, 0.4) is 0 Å². The van der Waals surface area contributed by atoms with Crippen molar-refractivity contribution in [2.75, 3.05) is 13.2 Å². The minimum Gasteiger partial charge on any atom is -0.494 e. The first-order valence-electron chi connectivity index (χ1n) is 11.0. The van der Waals surface area contributed by atoms with Crippen LogP contribution in [0.15, 0.2) is 65.9 Å². The molecule has 1 heterocycles. The fourth-order valence-electron chi connectivity index (χ4n) is 4.72. The molecule has 2 aromatic rings. The Morgan fingerprint density at radius 2 is 1.66 bits per heavy atom. The second-order valence-corrected chi connectivity index (χ2v) is 8.01. The normalized spacial score (nSPS) is 22.8. The lowest BCUT2D eigenvalue weighted by atomic mass is 9.68. The van der Waals surface area contributed by atoms with E-state index in [0.29, 0.717) is 24.3 Å². The number of rotatable bonds is 6. The van der Waals surface area contributed by atoms with Crippen molar-refractivity contribution < 1.29 is 23.9 Å². The fourth-order valence-corrected chi connectivity index (χ4v) is 4.72. The van der Waals surface area contributed by atoms with E-state index >= 15 is 0 Å². The first-order valence-corrected chi connectivity index (χ1v) is 11.0. The lowest BCUT2D eigenvalue weighted by Gasteiger charge is -2.38. The molecule has 0 unspecified atom stereocenters. The zero-order valence-electron chi connectivity index (χ0n) is 18.3. The summed E-state index contributed by atoms with van der Waals surface area (Å²) in [6, 6.07) is 16.9. The Morgan fingerprint density at radius 3 is 2.31 bits per heavy atom. The molecule has 4 rings (SSSR count). The Bertz CT molecular complexity index is 1040. The van der Waals surface area contributed by atoms with Gasteiger partial charge in [0.05, 0.1) is 13.2 Å². The number of esters is 1. The van der Waals surface area contributed by atoms with Crippen molar-refractivity contribution >= 4 is 17.7 Å². The van der Waals surface area contributed by atoms with Gasteiger partial charge in [0.15, 0.2) is 5.78 Å². The monoisotopic (exact) mass is 433 g/mol. The fraction of sp³-hybridized carbons (Fsp3) is 0.346. The number of benzene rings is 2. The van der Waals surface area contributed by atoms with Crippen molar-refractivity contribution in [3.8, 4) is 5.75 Å². The van der Waals surface area contributed by atoms with E-state index in [1.54, 1.807) is 6.92 Å². The molecule has 2 aliphatic rings. The van der Waals surface area contributed by atoms with Crippen LogP contribution in [0.5, 0.6) is 5.75 Å². The molecule has 32 heavy (non-hydrogen) atoms. The largest absolute Gasteiger partial charge is 0.494 e. The molecule has 166 valence electrons. The van der Waals surface area contributed by atoms with Gasteiger partial charge in [-0.25, -0.2) is 0 Å². The number of ketones is 1. The third-order valence-electron chi connectivity index (χ3n) is 6.09. The number of hydrogen-bond acceptors (Lipinski definition) is 5. The molecular weight excluding hydrogens is 406 g/mol. The van der Waals surface area contributed by atoms with Crippen LogP contribution in [0.4, 0.5) is 0 Å². The van der Waals surface area contributed by atoms with Crippen molar-refractivity contribution in [1.29, 1.82) is 0 Å². The third-order valence-corrected chi connectivity index (χ3v) is 6.09. The Balaban J connectivity index is 1.77. The van der Waals surface area contributed by atoms with Crippen molar-refractivity contribution in [3.05, 3.63) is 77.0 Å². The Kier molecular flexibility index (Phi) is 6.40. The minimum absolute atomic E-state index is 0.128. The van der Waals surface area contributed by atoms with Gasteiger partial charge >= 0.3 is 5.97 Å². The Morgan fingerprint density at radius 1 is 0.938 bits per heavy atom. The van der Waals surface area contributed by atoms with Gasteiger partial charge in [0.1, 0.15) is 11.7 Å². The number of amides is 1. The van der Waals surface area contributed by atoms with Gasteiger partial charge in [-0.2, -0.15) is 0 Å². The molecule has 6 heteroatoms. The van der Waals surface area contributed by atoms with Gasteiger partial charge in [0, 0.05) is 29.5 Å². The summed E-state index contributed by atoms with van der Waals surface area (Å²) < 4.78 is 10.8. The lowest BCUT2D eigenvalue weighted by Crippen LogP contribution is -2.44. The summed E-state index contributed by atoms with van der Waals surface area (Å²) in [5, 5.41) is 2.91. The quantitative estimate of drug-likeness (QED) is 0.552. The highest BCUT2D eigenvalue weighted by atomic mass is 16.5. The van der Waals surface area contributed by atoms with Crippen molar-refractivity contribution in [2.45, 2.75) is 38.5 Å². The van der Waals surface area contributed by atoms with E-state index in [1.165, 1.54) is 0 Å². The molecular formula is C26H27NO5. The number of ether oxygens (including phenoxy) is 2. The van der Waals surface area contributed by atoms with Gasteiger partial charge in [-0.1, -0.05) is 42.5 Å². The average Bonchev–Trinajstić information content (AvgIpc) is 2.79. The third kappa shape index (κ3) is 4.17. The maximum Gasteiger partial charge on any atom is 0.317 e. The minimum atomic E-state index is -0.934. The number of carbonyl (C=O) groups excluding carboxylic acids is 3. The molecule has 1 amide bonds. The van der Waals surface area contributed by atoms with E-state index in [0.717, 1.165) is 16.9 Å². The molecule has 0 fully saturated rings. The molecule has 1 N–H and O–H groups in total. The van der Waals surface area contributed by atoms with Crippen LogP contribution in [-0.2, 0) is 19.1 Å². The maximum atomic E-state index is 13.8. The summed E-state index contributed by atoms with van der Waals surface area (Å²) in [6.45, 7) is 4.41. The van der Waals surface area contributed by atoms with Crippen LogP contribution in [0, 0.1) is 5.92 Å². The Labute approximate surface area is 187 Å². The predicted molar refractivity (Wildman–Crippen MR) is 119 cm³/mol. The van der Waals surface area contributed by atoms with E-state index in [1.807, 2.05) is 61.5 Å². The number of allylic oxidation sites excluding steroid dienone is 2. The number of Topliss-reactive ketones (excluding diaryl/α,β-unsaturated/α-hetero) is 1. The van der Waals surface area contributed by atoms with E-state index < -0.39 is 17.8 Å². The lowest BCUT2D eigenvalue weighted by molar-refractivity contribution is -0.152. The first-order chi connectivity index (χ1) is 15.5. The second-order valence-electron chi connectivity index (χ2n) is 8.01. The van der Waals surface area contributed by atoms with E-state index in [-0.39, 0.29) is 30.6 Å². The summed E-state index contributed by atoms with van der Waals surface area (Å²) in [4.78, 5) is 39.3. The molecule has 1 aliphatic heterocycles. The molecule has 0 saturated heterocycles. The predicted octanol–water partition coefficient (Wildman–Crippen LogP) is 3.88. The van der Waals surface area contributed by atoms with E-state index in [2.05, 4.69) is 5.32 Å². The smallest absolute Gasteiger partial charge is 0.317 e. The molecule has 1 aliphatic carbocycles. The molecule has 0 spiro atoms. The number of hydrogen-bond donors (Lipinski definition) is 1. The van der Waals surface area contributed by atoms with Crippen LogP contribution in [0.1, 0.15) is 49.7 Å². The summed E-state index contributed by atoms with van der Waals surface area (Å²) in [6.07, 6.45) is 0.554. The highest BCUT2D eigenvalue weighted by Gasteiger charge is 2.47. The summed E-state index contributed by atoms with van der Waals surface area (Å²) >= 11 is 0. The highest BCUT2D eigenvalue weighted by molar-refractivity contribution is 6.12. The van der Waals surface area contributed by atoms with Gasteiger partial charge in [-0.05, 0) is 43.5 Å². The highest BCUT2D eigenvalue weighted by Crippen LogP contribution is 2.45. The van der Waals surface area contributed by atoms with Gasteiger partial charge in [0.2, 0.25) is 5.91 Å². The first kappa shape index (κ1) is 21.8. The van der Waals surface area contributed by atoms with Crippen LogP contribution >= 0.6 is 0 Å². The summed E-state index contributed by atoms with van der Waals surface area (Å²) in [5.74, 6) is -1.91. The Hall–Kier alpha value is -3.41. The molecule has 3 atom stereocenters. The van der Waals surface area contributed by atoms with Crippen LogP contribution < -0.4 is 10.1 Å². The van der Waals surface area contributed by atoms with Crippen LogP contribution in [-0.4, -0.2) is 30.9 Å². The zero-order chi connectivity index (χ0) is 22.7. The average molecular weight is 434 g/mol. The van der Waals surface area contributed by atoms with Crippen molar-refractivity contribution in [1.82, 2.24) is 5.32 Å². The number of nitrogens with one attached hydrogen (secondary N) is 1. The summed E-state index contributed by atoms with van der Waals surface area (Å²) in [7, 11) is 0. The number of carbonyl (C=O) groups is 3. The molecule has 0 saturated carbocycles. The maximum absolute atomic E-state index is 13.8. The van der Waals surface area contributed by atoms with Gasteiger partial charge in [-0.3, -0.25) is 14.4 Å². The standard InChI is InChI=1S/C26H27NO5/c1-3-31-18-12-10-17(11-13-18)20-15-22(28)27-21-14-19(16-8-6-5-7-9-16)24(25(29)23(20)21)26(30)32-4-2/h5-13,19-20,24H,3-4,14-15H2,1-2H3,(H,27,28)/t19-,20-,24+/m0/s1. The topological polar surface area (TPSA) is 81.7 Å².